The number of benzene rings is 1. The second kappa shape index (κ2) is 11.4. The first-order valence-corrected chi connectivity index (χ1v) is 12.6. The third-order valence-electron chi connectivity index (χ3n) is 7.56. The molecule has 0 amide bonds. The molecule has 31 heavy (non-hydrogen) atoms. The van der Waals surface area contributed by atoms with Crippen molar-refractivity contribution < 1.29 is 9.84 Å². The van der Waals surface area contributed by atoms with Gasteiger partial charge < -0.3 is 14.7 Å². The molecular weight excluding hydrogens is 382 g/mol. The fraction of sp³-hybridized carbons (Fsp3) is 0.643. The smallest absolute Gasteiger partial charge is 0.0611 e. The number of aliphatic hydroxyl groups excluding tert-OH is 1. The fourth-order valence-electron chi connectivity index (χ4n) is 5.84. The number of fused-ring (bicyclic) bond motifs is 1. The summed E-state index contributed by atoms with van der Waals surface area (Å²) in [6.07, 6.45) is 16.3. The van der Waals surface area contributed by atoms with Gasteiger partial charge in [-0.3, -0.25) is 0 Å². The number of likely N-dealkylation sites (tertiary alicyclic amines) is 1. The zero-order valence-corrected chi connectivity index (χ0v) is 19.3. The molecular formula is C28H41NO2. The molecule has 3 aliphatic rings. The molecule has 0 spiro atoms. The van der Waals surface area contributed by atoms with Crippen molar-refractivity contribution in [2.45, 2.75) is 64.4 Å². The number of piperidine rings is 1. The number of rotatable bonds is 10. The Hall–Kier alpha value is -1.42. The minimum Gasteiger partial charge on any atom is -0.392 e. The molecule has 2 fully saturated rings. The normalized spacial score (nSPS) is 28.9. The highest BCUT2D eigenvalue weighted by Gasteiger charge is 2.43. The maximum atomic E-state index is 10.6. The molecule has 1 heterocycles. The molecule has 1 saturated heterocycles. The van der Waals surface area contributed by atoms with Gasteiger partial charge in [0.1, 0.15) is 0 Å². The van der Waals surface area contributed by atoms with Gasteiger partial charge in [0, 0.05) is 12.5 Å². The molecule has 0 aromatic heterocycles. The highest BCUT2D eigenvalue weighted by Crippen LogP contribution is 2.47. The van der Waals surface area contributed by atoms with E-state index in [1.54, 1.807) is 5.57 Å². The summed E-state index contributed by atoms with van der Waals surface area (Å²) in [7, 11) is 0. The summed E-state index contributed by atoms with van der Waals surface area (Å²) in [5.74, 6) is 1.47. The molecule has 0 radical (unpaired) electrons. The molecule has 1 aliphatic heterocycles. The van der Waals surface area contributed by atoms with E-state index < -0.39 is 0 Å². The molecule has 1 saturated carbocycles. The molecule has 1 aromatic rings. The number of aliphatic hydroxyl groups is 1. The molecule has 0 unspecified atom stereocenters. The Morgan fingerprint density at radius 2 is 2.00 bits per heavy atom. The van der Waals surface area contributed by atoms with Crippen LogP contribution in [0.15, 0.2) is 48.1 Å². The van der Waals surface area contributed by atoms with Crippen LogP contribution in [0, 0.1) is 24.7 Å². The average molecular weight is 424 g/mol. The third-order valence-corrected chi connectivity index (χ3v) is 7.56. The molecule has 4 atom stereocenters. The van der Waals surface area contributed by atoms with Crippen LogP contribution in [0.4, 0.5) is 0 Å². The Kier molecular flexibility index (Phi) is 8.40. The van der Waals surface area contributed by atoms with Gasteiger partial charge in [0.25, 0.3) is 0 Å². The van der Waals surface area contributed by atoms with Gasteiger partial charge in [-0.1, -0.05) is 60.1 Å². The van der Waals surface area contributed by atoms with Crippen LogP contribution in [-0.2, 0) is 11.2 Å². The number of ether oxygens (including phenoxy) is 1. The lowest BCUT2D eigenvalue weighted by atomic mass is 9.89. The highest BCUT2D eigenvalue weighted by molar-refractivity contribution is 5.23. The van der Waals surface area contributed by atoms with Crippen molar-refractivity contribution in [3.05, 3.63) is 59.2 Å². The van der Waals surface area contributed by atoms with E-state index in [-0.39, 0.29) is 6.10 Å². The summed E-state index contributed by atoms with van der Waals surface area (Å²) in [5, 5.41) is 10.6. The Balaban J connectivity index is 1.16. The van der Waals surface area contributed by atoms with E-state index in [0.717, 1.165) is 51.9 Å². The van der Waals surface area contributed by atoms with Gasteiger partial charge in [-0.05, 0) is 82.4 Å². The van der Waals surface area contributed by atoms with Crippen molar-refractivity contribution in [1.82, 2.24) is 4.90 Å². The van der Waals surface area contributed by atoms with Crippen molar-refractivity contribution in [2.24, 2.45) is 17.8 Å². The largest absolute Gasteiger partial charge is 0.392 e. The van der Waals surface area contributed by atoms with E-state index in [4.69, 9.17) is 4.74 Å². The fourth-order valence-corrected chi connectivity index (χ4v) is 5.84. The Labute approximate surface area is 189 Å². The van der Waals surface area contributed by atoms with Crippen molar-refractivity contribution in [2.75, 3.05) is 32.8 Å². The van der Waals surface area contributed by atoms with Crippen LogP contribution in [0.5, 0.6) is 0 Å². The van der Waals surface area contributed by atoms with Crippen LogP contribution in [0.3, 0.4) is 0 Å². The van der Waals surface area contributed by atoms with Gasteiger partial charge in [-0.25, -0.2) is 0 Å². The van der Waals surface area contributed by atoms with Gasteiger partial charge >= 0.3 is 0 Å². The quantitative estimate of drug-likeness (QED) is 0.408. The van der Waals surface area contributed by atoms with Gasteiger partial charge in [-0.15, -0.1) is 0 Å². The van der Waals surface area contributed by atoms with Crippen molar-refractivity contribution in [1.29, 1.82) is 0 Å². The Morgan fingerprint density at radius 3 is 2.84 bits per heavy atom. The second-order valence-electron chi connectivity index (χ2n) is 9.96. The maximum absolute atomic E-state index is 10.6. The minimum absolute atomic E-state index is 0.177. The number of aryl methyl sites for hydroxylation is 2. The van der Waals surface area contributed by atoms with E-state index in [1.165, 1.54) is 43.5 Å². The van der Waals surface area contributed by atoms with Crippen LogP contribution >= 0.6 is 0 Å². The highest BCUT2D eigenvalue weighted by atomic mass is 16.5. The monoisotopic (exact) mass is 423 g/mol. The predicted molar refractivity (Wildman–Crippen MR) is 128 cm³/mol. The van der Waals surface area contributed by atoms with Crippen molar-refractivity contribution in [3.63, 3.8) is 0 Å². The topological polar surface area (TPSA) is 32.7 Å². The summed E-state index contributed by atoms with van der Waals surface area (Å²) in [6, 6.07) is 8.78. The van der Waals surface area contributed by atoms with Crippen molar-refractivity contribution >= 4 is 0 Å². The standard InChI is InChI=1S/C28H41NO2/c1-22-8-7-10-23(18-22)9-3-4-11-26-27-20-24(19-25(27)21-28(26)30)12-16-31-17-15-29-13-5-2-6-14-29/h4,7-8,10-11,18-19,25-28,30H,2-3,5-6,9,12-17,20-21H2,1H3/b11-4+/t25-,26+,27-,28+/m0/s1. The zero-order valence-electron chi connectivity index (χ0n) is 19.3. The Bertz CT molecular complexity index is 749. The second-order valence-corrected chi connectivity index (χ2v) is 9.96. The zero-order chi connectivity index (χ0) is 21.5. The SMILES string of the molecule is Cc1cccc(CC/C=C/[C@@H]2[C@H]3CC(CCOCCN4CCCCC4)=C[C@H]3C[C@H]2O)c1. The Morgan fingerprint density at radius 1 is 1.13 bits per heavy atom. The average Bonchev–Trinajstić information content (AvgIpc) is 3.28. The van der Waals surface area contributed by atoms with Crippen molar-refractivity contribution in [3.8, 4) is 0 Å². The van der Waals surface area contributed by atoms with Gasteiger partial charge in [0.15, 0.2) is 0 Å². The van der Waals surface area contributed by atoms with Crippen LogP contribution in [0.1, 0.15) is 56.1 Å². The first kappa shape index (κ1) is 22.8. The van der Waals surface area contributed by atoms with Crippen LogP contribution in [-0.4, -0.2) is 49.0 Å². The van der Waals surface area contributed by atoms with Gasteiger partial charge in [-0.2, -0.15) is 0 Å². The number of nitrogens with zero attached hydrogens (tertiary/aromatic N) is 1. The lowest BCUT2D eigenvalue weighted by molar-refractivity contribution is 0.0978. The molecule has 0 bridgehead atoms. The number of hydrogen-bond acceptors (Lipinski definition) is 3. The maximum Gasteiger partial charge on any atom is 0.0611 e. The summed E-state index contributed by atoms with van der Waals surface area (Å²) < 4.78 is 5.95. The minimum atomic E-state index is -0.177. The summed E-state index contributed by atoms with van der Waals surface area (Å²) >= 11 is 0. The first-order chi connectivity index (χ1) is 15.2. The van der Waals surface area contributed by atoms with E-state index >= 15 is 0 Å². The van der Waals surface area contributed by atoms with E-state index in [9.17, 15) is 5.11 Å². The summed E-state index contributed by atoms with van der Waals surface area (Å²) in [4.78, 5) is 2.54. The van der Waals surface area contributed by atoms with E-state index in [1.807, 2.05) is 0 Å². The molecule has 2 aliphatic carbocycles. The summed E-state index contributed by atoms with van der Waals surface area (Å²) in [6.45, 7) is 7.45. The molecule has 1 aromatic carbocycles. The predicted octanol–water partition coefficient (Wildman–Crippen LogP) is 5.32. The lowest BCUT2D eigenvalue weighted by Crippen LogP contribution is -2.32. The first-order valence-electron chi connectivity index (χ1n) is 12.6. The van der Waals surface area contributed by atoms with E-state index in [0.29, 0.717) is 17.8 Å². The van der Waals surface area contributed by atoms with Crippen LogP contribution < -0.4 is 0 Å². The van der Waals surface area contributed by atoms with Crippen LogP contribution in [0.2, 0.25) is 0 Å². The van der Waals surface area contributed by atoms with Crippen LogP contribution in [0.25, 0.3) is 0 Å². The summed E-state index contributed by atoms with van der Waals surface area (Å²) in [5.41, 5.74) is 4.29. The van der Waals surface area contributed by atoms with Gasteiger partial charge in [0.2, 0.25) is 0 Å². The molecule has 3 heteroatoms. The molecule has 4 rings (SSSR count). The molecule has 1 N–H and O–H groups in total. The van der Waals surface area contributed by atoms with Gasteiger partial charge in [0.05, 0.1) is 19.3 Å². The third kappa shape index (κ3) is 6.54. The lowest BCUT2D eigenvalue weighted by Gasteiger charge is -2.26. The number of allylic oxidation sites excluding steroid dienone is 2. The molecule has 3 nitrogen and oxygen atoms in total. The number of hydrogen-bond donors (Lipinski definition) is 1. The molecule has 170 valence electrons. The van der Waals surface area contributed by atoms with E-state index in [2.05, 4.69) is 54.3 Å².